The largest absolute Gasteiger partial charge is 0.486 e. The minimum Gasteiger partial charge on any atom is -0.486 e. The maximum absolute atomic E-state index is 6.09. The molecular formula is C13H9ClN2OS. The number of aromatic nitrogens is 2. The van der Waals surface area contributed by atoms with Gasteiger partial charge in [-0.15, -0.1) is 11.3 Å². The van der Waals surface area contributed by atoms with Crippen molar-refractivity contribution in [3.8, 4) is 5.75 Å². The molecule has 2 aromatic heterocycles. The summed E-state index contributed by atoms with van der Waals surface area (Å²) < 4.78 is 5.59. The van der Waals surface area contributed by atoms with Crippen LogP contribution in [0.4, 0.5) is 0 Å². The Bertz CT molecular complexity index is 669. The van der Waals surface area contributed by atoms with Crippen LogP contribution in [0.15, 0.2) is 41.8 Å². The lowest BCUT2D eigenvalue weighted by atomic mass is 10.3. The zero-order valence-electron chi connectivity index (χ0n) is 9.34. The van der Waals surface area contributed by atoms with Gasteiger partial charge in [-0.1, -0.05) is 29.8 Å². The third-order valence-corrected chi connectivity index (χ3v) is 3.53. The van der Waals surface area contributed by atoms with Crippen molar-refractivity contribution >= 4 is 33.2 Å². The van der Waals surface area contributed by atoms with E-state index in [0.717, 1.165) is 16.0 Å². The Morgan fingerprint density at radius 3 is 2.78 bits per heavy atom. The molecule has 0 N–H and O–H groups in total. The van der Waals surface area contributed by atoms with Crippen molar-refractivity contribution in [1.29, 1.82) is 0 Å². The van der Waals surface area contributed by atoms with Gasteiger partial charge in [-0.3, -0.25) is 0 Å². The van der Waals surface area contributed by atoms with E-state index in [1.165, 1.54) is 0 Å². The second kappa shape index (κ2) is 4.92. The molecule has 2 heterocycles. The summed E-state index contributed by atoms with van der Waals surface area (Å²) in [5.41, 5.74) is 0. The molecule has 0 bridgehead atoms. The monoisotopic (exact) mass is 276 g/mol. The molecule has 5 heteroatoms. The molecule has 0 spiro atoms. The predicted molar refractivity (Wildman–Crippen MR) is 73.2 cm³/mol. The molecule has 0 aliphatic carbocycles. The number of hydrogen-bond acceptors (Lipinski definition) is 4. The first kappa shape index (κ1) is 11.4. The molecule has 0 saturated heterocycles. The molecule has 0 unspecified atom stereocenters. The van der Waals surface area contributed by atoms with Crippen LogP contribution >= 0.6 is 22.9 Å². The Morgan fingerprint density at radius 1 is 1.11 bits per heavy atom. The van der Waals surface area contributed by atoms with E-state index in [9.17, 15) is 0 Å². The van der Waals surface area contributed by atoms with Crippen LogP contribution in [0.1, 0.15) is 5.82 Å². The summed E-state index contributed by atoms with van der Waals surface area (Å²) in [6.07, 6.45) is 0. The first-order valence-electron chi connectivity index (χ1n) is 5.40. The van der Waals surface area contributed by atoms with Crippen molar-refractivity contribution in [3.63, 3.8) is 0 Å². The van der Waals surface area contributed by atoms with Crippen LogP contribution in [0.2, 0.25) is 5.15 Å². The van der Waals surface area contributed by atoms with Gasteiger partial charge >= 0.3 is 0 Å². The zero-order chi connectivity index (χ0) is 12.4. The second-order valence-electron chi connectivity index (χ2n) is 3.67. The molecule has 3 rings (SSSR count). The molecule has 0 amide bonds. The van der Waals surface area contributed by atoms with E-state index < -0.39 is 0 Å². The average Bonchev–Trinajstić information content (AvgIpc) is 2.86. The van der Waals surface area contributed by atoms with Crippen LogP contribution in [-0.2, 0) is 6.61 Å². The van der Waals surface area contributed by atoms with E-state index >= 15 is 0 Å². The number of rotatable bonds is 3. The highest BCUT2D eigenvalue weighted by Crippen LogP contribution is 2.25. The minimum absolute atomic E-state index is 0.317. The number of benzene rings is 1. The summed E-state index contributed by atoms with van der Waals surface area (Å²) in [4.78, 5) is 9.52. The smallest absolute Gasteiger partial charge is 0.169 e. The van der Waals surface area contributed by atoms with Crippen LogP contribution in [0, 0.1) is 0 Å². The van der Waals surface area contributed by atoms with Gasteiger partial charge in [-0.2, -0.15) is 0 Å². The van der Waals surface area contributed by atoms with Gasteiger partial charge in [0.25, 0.3) is 0 Å². The number of nitrogens with zero attached hydrogens (tertiary/aromatic N) is 2. The summed E-state index contributed by atoms with van der Waals surface area (Å²) in [6, 6.07) is 11.5. The van der Waals surface area contributed by atoms with Gasteiger partial charge in [0, 0.05) is 5.39 Å². The minimum atomic E-state index is 0.317. The zero-order valence-corrected chi connectivity index (χ0v) is 10.9. The Labute approximate surface area is 113 Å². The fourth-order valence-corrected chi connectivity index (χ4v) is 2.68. The molecule has 0 radical (unpaired) electrons. The fourth-order valence-electron chi connectivity index (χ4n) is 1.59. The van der Waals surface area contributed by atoms with Crippen LogP contribution in [0.5, 0.6) is 5.75 Å². The number of ether oxygens (including phenoxy) is 1. The molecule has 18 heavy (non-hydrogen) atoms. The number of para-hydroxylation sites is 1. The molecular weight excluding hydrogens is 268 g/mol. The van der Waals surface area contributed by atoms with E-state index in [1.54, 1.807) is 11.3 Å². The Kier molecular flexibility index (Phi) is 3.13. The topological polar surface area (TPSA) is 35.0 Å². The van der Waals surface area contributed by atoms with Gasteiger partial charge in [0.05, 0.1) is 0 Å². The Morgan fingerprint density at radius 2 is 1.94 bits per heavy atom. The lowest BCUT2D eigenvalue weighted by Gasteiger charge is -2.05. The summed E-state index contributed by atoms with van der Waals surface area (Å²) in [6.45, 7) is 0.317. The summed E-state index contributed by atoms with van der Waals surface area (Å²) in [7, 11) is 0. The van der Waals surface area contributed by atoms with Crippen LogP contribution in [-0.4, -0.2) is 9.97 Å². The SMILES string of the molecule is Clc1nc(COc2ccccc2)nc2sccc12. The predicted octanol–water partition coefficient (Wildman–Crippen LogP) is 3.92. The lowest BCUT2D eigenvalue weighted by molar-refractivity contribution is 0.296. The third-order valence-electron chi connectivity index (χ3n) is 2.44. The van der Waals surface area contributed by atoms with Crippen molar-refractivity contribution in [1.82, 2.24) is 9.97 Å². The number of fused-ring (bicyclic) bond motifs is 1. The van der Waals surface area contributed by atoms with Gasteiger partial charge in [-0.25, -0.2) is 9.97 Å². The van der Waals surface area contributed by atoms with Crippen molar-refractivity contribution in [2.75, 3.05) is 0 Å². The third kappa shape index (κ3) is 2.30. The summed E-state index contributed by atoms with van der Waals surface area (Å²) in [5, 5.41) is 3.32. The number of hydrogen-bond donors (Lipinski definition) is 0. The van der Waals surface area contributed by atoms with E-state index in [0.29, 0.717) is 17.6 Å². The number of halogens is 1. The van der Waals surface area contributed by atoms with Crippen LogP contribution < -0.4 is 4.74 Å². The van der Waals surface area contributed by atoms with Gasteiger partial charge < -0.3 is 4.74 Å². The van der Waals surface area contributed by atoms with E-state index in [1.807, 2.05) is 41.8 Å². The van der Waals surface area contributed by atoms with Crippen molar-refractivity contribution in [2.45, 2.75) is 6.61 Å². The standard InChI is InChI=1S/C13H9ClN2OS/c14-12-10-6-7-18-13(10)16-11(15-12)8-17-9-4-2-1-3-5-9/h1-7H,8H2. The molecule has 90 valence electrons. The molecule has 3 nitrogen and oxygen atoms in total. The molecule has 0 aliphatic heterocycles. The van der Waals surface area contributed by atoms with Crippen molar-refractivity contribution in [2.24, 2.45) is 0 Å². The van der Waals surface area contributed by atoms with Gasteiger partial charge in [0.2, 0.25) is 0 Å². The average molecular weight is 277 g/mol. The fraction of sp³-hybridized carbons (Fsp3) is 0.0769. The molecule has 0 fully saturated rings. The van der Waals surface area contributed by atoms with Crippen LogP contribution in [0.3, 0.4) is 0 Å². The van der Waals surface area contributed by atoms with E-state index in [4.69, 9.17) is 16.3 Å². The van der Waals surface area contributed by atoms with Crippen LogP contribution in [0.25, 0.3) is 10.2 Å². The highest BCUT2D eigenvalue weighted by molar-refractivity contribution is 7.16. The summed E-state index contributed by atoms with van der Waals surface area (Å²) in [5.74, 6) is 1.39. The first-order valence-corrected chi connectivity index (χ1v) is 6.66. The Balaban J connectivity index is 1.82. The Hall–Kier alpha value is -1.65. The second-order valence-corrected chi connectivity index (χ2v) is 4.92. The van der Waals surface area contributed by atoms with Crippen molar-refractivity contribution in [3.05, 3.63) is 52.8 Å². The molecule has 0 aliphatic rings. The normalized spacial score (nSPS) is 10.7. The molecule has 0 atom stereocenters. The van der Waals surface area contributed by atoms with Gasteiger partial charge in [-0.05, 0) is 23.6 Å². The van der Waals surface area contributed by atoms with E-state index in [-0.39, 0.29) is 0 Å². The maximum Gasteiger partial charge on any atom is 0.169 e. The summed E-state index contributed by atoms with van der Waals surface area (Å²) >= 11 is 7.63. The highest BCUT2D eigenvalue weighted by Gasteiger charge is 2.07. The van der Waals surface area contributed by atoms with Gasteiger partial charge in [0.15, 0.2) is 5.82 Å². The molecule has 0 saturated carbocycles. The van der Waals surface area contributed by atoms with E-state index in [2.05, 4.69) is 9.97 Å². The maximum atomic E-state index is 6.09. The molecule has 1 aromatic carbocycles. The number of thiophene rings is 1. The molecule has 3 aromatic rings. The van der Waals surface area contributed by atoms with Crippen molar-refractivity contribution < 1.29 is 4.74 Å². The first-order chi connectivity index (χ1) is 8.83. The van der Waals surface area contributed by atoms with Gasteiger partial charge in [0.1, 0.15) is 22.3 Å². The quantitative estimate of drug-likeness (QED) is 0.680. The lowest BCUT2D eigenvalue weighted by Crippen LogP contribution is -2.01. The highest BCUT2D eigenvalue weighted by atomic mass is 35.5.